The lowest BCUT2D eigenvalue weighted by Crippen LogP contribution is -2.42. The van der Waals surface area contributed by atoms with E-state index in [1.54, 1.807) is 4.31 Å². The zero-order chi connectivity index (χ0) is 16.0. The second-order valence-corrected chi connectivity index (χ2v) is 8.75. The predicted molar refractivity (Wildman–Crippen MR) is 88.1 cm³/mol. The van der Waals surface area contributed by atoms with Crippen molar-refractivity contribution >= 4 is 15.9 Å². The normalized spacial score (nSPS) is 21.9. The summed E-state index contributed by atoms with van der Waals surface area (Å²) in [5.41, 5.74) is 0. The van der Waals surface area contributed by atoms with E-state index in [9.17, 15) is 13.2 Å². The molecule has 0 aromatic carbocycles. The molecule has 1 amide bonds. The van der Waals surface area contributed by atoms with Crippen LogP contribution in [-0.2, 0) is 14.8 Å². The standard InChI is InChI=1S/C16H30N2O3S/c1-22(20,21)18(15-10-6-7-11-15)13-12-16(19)17-14-8-4-2-3-5-9-14/h14-15H,2-13H2,1H3,(H,17,19). The zero-order valence-electron chi connectivity index (χ0n) is 13.7. The molecule has 0 unspecified atom stereocenters. The number of rotatable bonds is 6. The van der Waals surface area contributed by atoms with Gasteiger partial charge in [-0.25, -0.2) is 8.42 Å². The van der Waals surface area contributed by atoms with Crippen molar-refractivity contribution in [2.24, 2.45) is 0 Å². The number of nitrogens with zero attached hydrogens (tertiary/aromatic N) is 1. The lowest BCUT2D eigenvalue weighted by atomic mass is 10.1. The van der Waals surface area contributed by atoms with E-state index in [1.165, 1.54) is 31.9 Å². The fraction of sp³-hybridized carbons (Fsp3) is 0.938. The number of sulfonamides is 1. The molecule has 0 aliphatic heterocycles. The van der Waals surface area contributed by atoms with Crippen molar-refractivity contribution in [1.29, 1.82) is 0 Å². The Bertz CT molecular complexity index is 450. The van der Waals surface area contributed by atoms with E-state index in [0.717, 1.165) is 38.5 Å². The molecule has 0 aromatic rings. The molecule has 0 bridgehead atoms. The van der Waals surface area contributed by atoms with E-state index >= 15 is 0 Å². The van der Waals surface area contributed by atoms with Crippen LogP contribution in [0.1, 0.15) is 70.6 Å². The molecule has 0 saturated heterocycles. The predicted octanol–water partition coefficient (Wildman–Crippen LogP) is 2.42. The van der Waals surface area contributed by atoms with Crippen molar-refractivity contribution in [3.05, 3.63) is 0 Å². The van der Waals surface area contributed by atoms with Crippen molar-refractivity contribution in [1.82, 2.24) is 9.62 Å². The maximum Gasteiger partial charge on any atom is 0.221 e. The van der Waals surface area contributed by atoms with Crippen LogP contribution in [0.4, 0.5) is 0 Å². The number of carbonyl (C=O) groups is 1. The van der Waals surface area contributed by atoms with Gasteiger partial charge < -0.3 is 5.32 Å². The highest BCUT2D eigenvalue weighted by molar-refractivity contribution is 7.88. The average Bonchev–Trinajstić information content (AvgIpc) is 2.83. The minimum absolute atomic E-state index is 0.00135. The van der Waals surface area contributed by atoms with Crippen LogP contribution < -0.4 is 5.32 Å². The second kappa shape index (κ2) is 8.29. The first-order valence-corrected chi connectivity index (χ1v) is 10.6. The molecule has 6 heteroatoms. The fourth-order valence-corrected chi connectivity index (χ4v) is 4.92. The maximum absolute atomic E-state index is 12.1. The van der Waals surface area contributed by atoms with Crippen molar-refractivity contribution in [2.45, 2.75) is 82.7 Å². The van der Waals surface area contributed by atoms with Gasteiger partial charge in [-0.15, -0.1) is 0 Å². The fourth-order valence-electron chi connectivity index (χ4n) is 3.75. The van der Waals surface area contributed by atoms with Gasteiger partial charge in [0, 0.05) is 25.0 Å². The van der Waals surface area contributed by atoms with Crippen LogP contribution >= 0.6 is 0 Å². The largest absolute Gasteiger partial charge is 0.353 e. The Morgan fingerprint density at radius 3 is 2.09 bits per heavy atom. The topological polar surface area (TPSA) is 66.5 Å². The summed E-state index contributed by atoms with van der Waals surface area (Å²) < 4.78 is 25.5. The molecule has 0 atom stereocenters. The van der Waals surface area contributed by atoms with Crippen LogP contribution in [0.3, 0.4) is 0 Å². The lowest BCUT2D eigenvalue weighted by Gasteiger charge is -2.26. The van der Waals surface area contributed by atoms with Gasteiger partial charge in [0.25, 0.3) is 0 Å². The van der Waals surface area contributed by atoms with Gasteiger partial charge in [0.15, 0.2) is 0 Å². The molecule has 2 aliphatic rings. The SMILES string of the molecule is CS(=O)(=O)N(CCC(=O)NC1CCCCCC1)C1CCCC1. The number of hydrogen-bond acceptors (Lipinski definition) is 3. The Hall–Kier alpha value is -0.620. The number of nitrogens with one attached hydrogen (secondary N) is 1. The maximum atomic E-state index is 12.1. The molecule has 0 spiro atoms. The highest BCUT2D eigenvalue weighted by atomic mass is 32.2. The summed E-state index contributed by atoms with van der Waals surface area (Å²) in [6.07, 6.45) is 12.6. The molecule has 5 nitrogen and oxygen atoms in total. The summed E-state index contributed by atoms with van der Waals surface area (Å²) in [7, 11) is -3.23. The van der Waals surface area contributed by atoms with Crippen molar-refractivity contribution < 1.29 is 13.2 Å². The molecule has 2 aliphatic carbocycles. The summed E-state index contributed by atoms with van der Waals surface area (Å²) in [5, 5.41) is 3.10. The van der Waals surface area contributed by atoms with E-state index in [4.69, 9.17) is 0 Å². The summed E-state index contributed by atoms with van der Waals surface area (Å²) in [5.74, 6) is -0.00135. The van der Waals surface area contributed by atoms with Crippen LogP contribution in [-0.4, -0.2) is 43.5 Å². The van der Waals surface area contributed by atoms with Crippen LogP contribution in [0.5, 0.6) is 0 Å². The minimum atomic E-state index is -3.23. The van der Waals surface area contributed by atoms with Gasteiger partial charge in [-0.2, -0.15) is 4.31 Å². The van der Waals surface area contributed by atoms with Gasteiger partial charge in [-0.1, -0.05) is 38.5 Å². The Kier molecular flexibility index (Phi) is 6.68. The van der Waals surface area contributed by atoms with Gasteiger partial charge >= 0.3 is 0 Å². The molecule has 0 aromatic heterocycles. The van der Waals surface area contributed by atoms with Gasteiger partial charge in [-0.3, -0.25) is 4.79 Å². The van der Waals surface area contributed by atoms with E-state index < -0.39 is 10.0 Å². The molecule has 2 rings (SSSR count). The van der Waals surface area contributed by atoms with Gasteiger partial charge in [-0.05, 0) is 25.7 Å². The molecule has 128 valence electrons. The van der Waals surface area contributed by atoms with Gasteiger partial charge in [0.2, 0.25) is 15.9 Å². The van der Waals surface area contributed by atoms with Crippen LogP contribution in [0.2, 0.25) is 0 Å². The van der Waals surface area contributed by atoms with Gasteiger partial charge in [0.1, 0.15) is 0 Å². The second-order valence-electron chi connectivity index (χ2n) is 6.82. The summed E-state index contributed by atoms with van der Waals surface area (Å²) in [4.78, 5) is 12.1. The molecule has 0 radical (unpaired) electrons. The van der Waals surface area contributed by atoms with Gasteiger partial charge in [0.05, 0.1) is 6.26 Å². The van der Waals surface area contributed by atoms with E-state index in [1.807, 2.05) is 0 Å². The first-order valence-electron chi connectivity index (χ1n) is 8.73. The van der Waals surface area contributed by atoms with Crippen LogP contribution in [0.25, 0.3) is 0 Å². The third kappa shape index (κ3) is 5.54. The minimum Gasteiger partial charge on any atom is -0.353 e. The average molecular weight is 330 g/mol. The number of hydrogen-bond donors (Lipinski definition) is 1. The van der Waals surface area contributed by atoms with Crippen LogP contribution in [0, 0.1) is 0 Å². The Morgan fingerprint density at radius 2 is 1.55 bits per heavy atom. The third-order valence-electron chi connectivity index (χ3n) is 4.94. The molecule has 0 heterocycles. The monoisotopic (exact) mass is 330 g/mol. The summed E-state index contributed by atoms with van der Waals surface area (Å²) >= 11 is 0. The Labute approximate surface area is 134 Å². The Balaban J connectivity index is 1.81. The third-order valence-corrected chi connectivity index (χ3v) is 6.27. The highest BCUT2D eigenvalue weighted by Gasteiger charge is 2.29. The number of carbonyl (C=O) groups excluding carboxylic acids is 1. The smallest absolute Gasteiger partial charge is 0.221 e. The number of amides is 1. The van der Waals surface area contributed by atoms with E-state index in [2.05, 4.69) is 5.32 Å². The molecule has 2 saturated carbocycles. The molecular formula is C16H30N2O3S. The zero-order valence-corrected chi connectivity index (χ0v) is 14.5. The molecule has 22 heavy (non-hydrogen) atoms. The van der Waals surface area contributed by atoms with E-state index in [0.29, 0.717) is 6.54 Å². The Morgan fingerprint density at radius 1 is 1.00 bits per heavy atom. The molecular weight excluding hydrogens is 300 g/mol. The van der Waals surface area contributed by atoms with Crippen molar-refractivity contribution in [3.63, 3.8) is 0 Å². The quantitative estimate of drug-likeness (QED) is 0.761. The molecule has 1 N–H and O–H groups in total. The van der Waals surface area contributed by atoms with E-state index in [-0.39, 0.29) is 24.4 Å². The molecule has 2 fully saturated rings. The van der Waals surface area contributed by atoms with Crippen molar-refractivity contribution in [3.8, 4) is 0 Å². The first kappa shape index (κ1) is 17.7. The summed E-state index contributed by atoms with van der Waals surface area (Å²) in [6.45, 7) is 0.321. The highest BCUT2D eigenvalue weighted by Crippen LogP contribution is 2.25. The summed E-state index contributed by atoms with van der Waals surface area (Å²) in [6, 6.07) is 0.383. The van der Waals surface area contributed by atoms with Crippen molar-refractivity contribution in [2.75, 3.05) is 12.8 Å². The lowest BCUT2D eigenvalue weighted by molar-refractivity contribution is -0.122. The van der Waals surface area contributed by atoms with Crippen LogP contribution in [0.15, 0.2) is 0 Å². The first-order chi connectivity index (χ1) is 10.5.